The molecule has 0 radical (unpaired) electrons. The molecule has 2 atom stereocenters. The van der Waals surface area contributed by atoms with Crippen LogP contribution in [0.3, 0.4) is 0 Å². The summed E-state index contributed by atoms with van der Waals surface area (Å²) in [6, 6.07) is 4.36. The summed E-state index contributed by atoms with van der Waals surface area (Å²) in [5.41, 5.74) is 7.17. The zero-order chi connectivity index (χ0) is 14.5. The second-order valence-corrected chi connectivity index (χ2v) is 5.78. The van der Waals surface area contributed by atoms with Crippen molar-refractivity contribution < 1.29 is 4.42 Å². The van der Waals surface area contributed by atoms with Gasteiger partial charge in [0.05, 0.1) is 12.6 Å². The number of nitrogens with zero attached hydrogens (tertiary/aromatic N) is 2. The molecule has 0 amide bonds. The monoisotopic (exact) mass is 275 g/mol. The zero-order valence-electron chi connectivity index (χ0n) is 12.6. The molecule has 2 rings (SSSR count). The van der Waals surface area contributed by atoms with Crippen molar-refractivity contribution >= 4 is 0 Å². The lowest BCUT2D eigenvalue weighted by Crippen LogP contribution is -2.22. The highest BCUT2D eigenvalue weighted by molar-refractivity contribution is 5.09. The minimum atomic E-state index is 0.364. The molecule has 0 aromatic carbocycles. The van der Waals surface area contributed by atoms with Crippen LogP contribution in [0.2, 0.25) is 0 Å². The largest absolute Gasteiger partial charge is 0.469 e. The average molecular weight is 275 g/mol. The smallest absolute Gasteiger partial charge is 0.103 e. The molecule has 4 nitrogen and oxygen atoms in total. The fraction of sp³-hybridized carbons (Fsp3) is 0.562. The number of hydrogen-bond donors (Lipinski definition) is 1. The molecule has 0 fully saturated rings. The second-order valence-electron chi connectivity index (χ2n) is 5.78. The van der Waals surface area contributed by atoms with Gasteiger partial charge in [-0.2, -0.15) is 0 Å². The molecule has 0 aliphatic rings. The number of nitrogens with two attached hydrogens (primary N) is 1. The predicted molar refractivity (Wildman–Crippen MR) is 80.6 cm³/mol. The van der Waals surface area contributed by atoms with E-state index in [9.17, 15) is 0 Å². The van der Waals surface area contributed by atoms with E-state index in [0.717, 1.165) is 18.6 Å². The standard InChI is InChI=1S/C16H25N3O/c1-12(2)15(9-17)16-10-18-11-19(16)13(3)6-7-14-5-4-8-20-14/h4-5,8,10-13,15H,6-7,9,17H2,1-3H3. The van der Waals surface area contributed by atoms with Gasteiger partial charge in [-0.3, -0.25) is 0 Å². The third-order valence-corrected chi connectivity index (χ3v) is 4.00. The molecule has 2 aromatic rings. The van der Waals surface area contributed by atoms with Gasteiger partial charge in [-0.25, -0.2) is 4.98 Å². The highest BCUT2D eigenvalue weighted by atomic mass is 16.3. The van der Waals surface area contributed by atoms with Gasteiger partial charge in [0.15, 0.2) is 0 Å². The van der Waals surface area contributed by atoms with Crippen LogP contribution in [-0.2, 0) is 6.42 Å². The first-order valence-corrected chi connectivity index (χ1v) is 7.37. The van der Waals surface area contributed by atoms with E-state index >= 15 is 0 Å². The molecule has 0 saturated heterocycles. The van der Waals surface area contributed by atoms with Crippen LogP contribution >= 0.6 is 0 Å². The quantitative estimate of drug-likeness (QED) is 0.843. The fourth-order valence-corrected chi connectivity index (χ4v) is 2.65. The van der Waals surface area contributed by atoms with E-state index in [0.29, 0.717) is 24.4 Å². The summed E-state index contributed by atoms with van der Waals surface area (Å²) in [6.45, 7) is 7.31. The molecule has 0 aliphatic carbocycles. The van der Waals surface area contributed by atoms with Crippen LogP contribution in [0.4, 0.5) is 0 Å². The number of furan rings is 1. The van der Waals surface area contributed by atoms with Crippen molar-refractivity contribution in [3.63, 3.8) is 0 Å². The number of hydrogen-bond acceptors (Lipinski definition) is 3. The molecule has 0 bridgehead atoms. The predicted octanol–water partition coefficient (Wildman–Crippen LogP) is 3.37. The van der Waals surface area contributed by atoms with E-state index < -0.39 is 0 Å². The van der Waals surface area contributed by atoms with Crippen LogP contribution < -0.4 is 5.73 Å². The Morgan fingerprint density at radius 1 is 1.35 bits per heavy atom. The van der Waals surface area contributed by atoms with Crippen LogP contribution in [-0.4, -0.2) is 16.1 Å². The molecular weight excluding hydrogens is 250 g/mol. The van der Waals surface area contributed by atoms with E-state index in [4.69, 9.17) is 10.2 Å². The van der Waals surface area contributed by atoms with Gasteiger partial charge in [-0.15, -0.1) is 0 Å². The lowest BCUT2D eigenvalue weighted by atomic mass is 9.92. The zero-order valence-corrected chi connectivity index (χ0v) is 12.6. The van der Waals surface area contributed by atoms with E-state index in [1.54, 1.807) is 6.26 Å². The normalized spacial score (nSPS) is 14.7. The highest BCUT2D eigenvalue weighted by Gasteiger charge is 2.20. The first-order valence-electron chi connectivity index (χ1n) is 7.37. The maximum absolute atomic E-state index is 5.93. The van der Waals surface area contributed by atoms with Gasteiger partial charge < -0.3 is 14.7 Å². The highest BCUT2D eigenvalue weighted by Crippen LogP contribution is 2.26. The first kappa shape index (κ1) is 14.9. The lowest BCUT2D eigenvalue weighted by molar-refractivity contribution is 0.416. The van der Waals surface area contributed by atoms with Gasteiger partial charge in [-0.1, -0.05) is 13.8 Å². The lowest BCUT2D eigenvalue weighted by Gasteiger charge is -2.24. The summed E-state index contributed by atoms with van der Waals surface area (Å²) in [5.74, 6) is 1.93. The number of aromatic nitrogens is 2. The SMILES string of the molecule is CC(C)C(CN)c1cncn1C(C)CCc1ccco1. The first-order chi connectivity index (χ1) is 9.63. The van der Waals surface area contributed by atoms with Gasteiger partial charge in [0.2, 0.25) is 0 Å². The van der Waals surface area contributed by atoms with Crippen LogP contribution in [0.5, 0.6) is 0 Å². The van der Waals surface area contributed by atoms with Crippen molar-refractivity contribution in [3.8, 4) is 0 Å². The number of imidazole rings is 1. The fourth-order valence-electron chi connectivity index (χ4n) is 2.65. The van der Waals surface area contributed by atoms with Crippen LogP contribution in [0.15, 0.2) is 35.3 Å². The summed E-state index contributed by atoms with van der Waals surface area (Å²) in [7, 11) is 0. The third kappa shape index (κ3) is 3.31. The Bertz CT molecular complexity index is 502. The molecule has 4 heteroatoms. The molecule has 2 unspecified atom stereocenters. The summed E-state index contributed by atoms with van der Waals surface area (Å²) in [4.78, 5) is 4.32. The van der Waals surface area contributed by atoms with Gasteiger partial charge in [0.25, 0.3) is 0 Å². The molecule has 0 aliphatic heterocycles. The van der Waals surface area contributed by atoms with Gasteiger partial charge in [0.1, 0.15) is 5.76 Å². The molecule has 2 aromatic heterocycles. The summed E-state index contributed by atoms with van der Waals surface area (Å²) >= 11 is 0. The Kier molecular flexibility index (Phi) is 5.01. The van der Waals surface area contributed by atoms with Crippen LogP contribution in [0.1, 0.15) is 50.6 Å². The van der Waals surface area contributed by atoms with E-state index in [1.165, 1.54) is 5.69 Å². The summed E-state index contributed by atoms with van der Waals surface area (Å²) in [6.07, 6.45) is 7.59. The van der Waals surface area contributed by atoms with Gasteiger partial charge in [0, 0.05) is 36.8 Å². The Balaban J connectivity index is 2.06. The van der Waals surface area contributed by atoms with Crippen molar-refractivity contribution in [1.82, 2.24) is 9.55 Å². The molecule has 0 saturated carbocycles. The minimum Gasteiger partial charge on any atom is -0.469 e. The maximum Gasteiger partial charge on any atom is 0.103 e. The summed E-state index contributed by atoms with van der Waals surface area (Å²) in [5, 5.41) is 0. The Labute approximate surface area is 121 Å². The Hall–Kier alpha value is -1.55. The van der Waals surface area contributed by atoms with Crippen LogP contribution in [0.25, 0.3) is 0 Å². The van der Waals surface area contributed by atoms with Gasteiger partial charge >= 0.3 is 0 Å². The van der Waals surface area contributed by atoms with Gasteiger partial charge in [-0.05, 0) is 31.4 Å². The molecule has 2 N–H and O–H groups in total. The Morgan fingerprint density at radius 3 is 2.75 bits per heavy atom. The van der Waals surface area contributed by atoms with Crippen LogP contribution in [0, 0.1) is 5.92 Å². The maximum atomic E-state index is 5.93. The second kappa shape index (κ2) is 6.75. The summed E-state index contributed by atoms with van der Waals surface area (Å²) < 4.78 is 7.66. The minimum absolute atomic E-state index is 0.364. The van der Waals surface area contributed by atoms with Crippen molar-refractivity contribution in [1.29, 1.82) is 0 Å². The molecular formula is C16H25N3O. The average Bonchev–Trinajstić information content (AvgIpc) is 3.07. The molecule has 0 spiro atoms. The third-order valence-electron chi connectivity index (χ3n) is 4.00. The molecule has 20 heavy (non-hydrogen) atoms. The molecule has 2 heterocycles. The van der Waals surface area contributed by atoms with Crippen molar-refractivity contribution in [2.45, 2.75) is 45.6 Å². The van der Waals surface area contributed by atoms with Crippen molar-refractivity contribution in [3.05, 3.63) is 42.4 Å². The van der Waals surface area contributed by atoms with Crippen molar-refractivity contribution in [2.75, 3.05) is 6.54 Å². The topological polar surface area (TPSA) is 57.0 Å². The number of rotatable bonds is 7. The van der Waals surface area contributed by atoms with E-state index in [2.05, 4.69) is 30.3 Å². The van der Waals surface area contributed by atoms with E-state index in [-0.39, 0.29) is 0 Å². The Morgan fingerprint density at radius 2 is 2.15 bits per heavy atom. The molecule has 110 valence electrons. The number of aryl methyl sites for hydroxylation is 1. The van der Waals surface area contributed by atoms with E-state index in [1.807, 2.05) is 24.7 Å². The van der Waals surface area contributed by atoms with Crippen molar-refractivity contribution in [2.24, 2.45) is 11.7 Å².